The van der Waals surface area contributed by atoms with E-state index < -0.39 is 0 Å². The zero-order valence-electron chi connectivity index (χ0n) is 13.8. The van der Waals surface area contributed by atoms with Crippen LogP contribution in [0.1, 0.15) is 24.5 Å². The summed E-state index contributed by atoms with van der Waals surface area (Å²) in [6.07, 6.45) is 4.93. The van der Waals surface area contributed by atoms with Gasteiger partial charge in [-0.15, -0.1) is 0 Å². The molecule has 1 aromatic heterocycles. The molecule has 4 nitrogen and oxygen atoms in total. The van der Waals surface area contributed by atoms with E-state index in [4.69, 9.17) is 11.6 Å². The van der Waals surface area contributed by atoms with Crippen LogP contribution in [0.25, 0.3) is 11.1 Å². The van der Waals surface area contributed by atoms with Crippen LogP contribution in [0.5, 0.6) is 0 Å². The lowest BCUT2D eigenvalue weighted by molar-refractivity contribution is -0.118. The minimum absolute atomic E-state index is 0.163. The summed E-state index contributed by atoms with van der Waals surface area (Å²) >= 11 is 8.26. The number of nitrogens with one attached hydrogen (secondary N) is 1. The topological polar surface area (TPSA) is 45.2 Å². The number of hydrogen-bond donors (Lipinski definition) is 1. The first-order chi connectivity index (χ1) is 11.6. The van der Waals surface area contributed by atoms with Crippen molar-refractivity contribution >= 4 is 35.1 Å². The van der Waals surface area contributed by atoms with Crippen LogP contribution in [0.2, 0.25) is 5.02 Å². The summed E-state index contributed by atoms with van der Waals surface area (Å²) in [4.78, 5) is 17.9. The molecule has 0 unspecified atom stereocenters. The number of anilines is 1. The molecule has 1 aliphatic heterocycles. The van der Waals surface area contributed by atoms with Gasteiger partial charge in [0.05, 0.1) is 5.02 Å². The van der Waals surface area contributed by atoms with E-state index in [0.29, 0.717) is 13.0 Å². The van der Waals surface area contributed by atoms with Gasteiger partial charge in [-0.05, 0) is 29.7 Å². The average molecular weight is 362 g/mol. The first kappa shape index (κ1) is 17.3. The SMILES string of the molecule is CCSNCc1cncc(-c2ccc3c(c2)CCC(=O)N3C)c1Cl. The lowest BCUT2D eigenvalue weighted by Crippen LogP contribution is -2.30. The third kappa shape index (κ3) is 3.43. The van der Waals surface area contributed by atoms with E-state index in [1.807, 2.05) is 19.2 Å². The molecule has 0 saturated carbocycles. The maximum absolute atomic E-state index is 11.8. The molecule has 1 aliphatic rings. The van der Waals surface area contributed by atoms with Crippen molar-refractivity contribution < 1.29 is 4.79 Å². The van der Waals surface area contributed by atoms with Crippen molar-refractivity contribution in [1.29, 1.82) is 0 Å². The van der Waals surface area contributed by atoms with Gasteiger partial charge < -0.3 is 4.90 Å². The Kier molecular flexibility index (Phi) is 5.43. The number of amides is 1. The van der Waals surface area contributed by atoms with Crippen LogP contribution in [0.4, 0.5) is 5.69 Å². The first-order valence-electron chi connectivity index (χ1n) is 7.98. The molecule has 0 radical (unpaired) electrons. The van der Waals surface area contributed by atoms with Crippen molar-refractivity contribution in [2.45, 2.75) is 26.3 Å². The Bertz CT molecular complexity index is 766. The number of rotatable bonds is 5. The number of aromatic nitrogens is 1. The van der Waals surface area contributed by atoms with E-state index in [1.165, 1.54) is 5.56 Å². The fourth-order valence-electron chi connectivity index (χ4n) is 2.87. The highest BCUT2D eigenvalue weighted by atomic mass is 35.5. The van der Waals surface area contributed by atoms with Crippen LogP contribution in [0, 0.1) is 0 Å². The second kappa shape index (κ2) is 7.55. The molecule has 6 heteroatoms. The third-order valence-electron chi connectivity index (χ3n) is 4.20. The zero-order chi connectivity index (χ0) is 17.1. The number of halogens is 1. The molecule has 2 heterocycles. The smallest absolute Gasteiger partial charge is 0.227 e. The minimum atomic E-state index is 0.163. The lowest BCUT2D eigenvalue weighted by Gasteiger charge is -2.26. The van der Waals surface area contributed by atoms with Crippen molar-refractivity contribution in [2.24, 2.45) is 0 Å². The van der Waals surface area contributed by atoms with Crippen molar-refractivity contribution in [1.82, 2.24) is 9.71 Å². The molecule has 0 spiro atoms. The standard InChI is InChI=1S/C18H20ClN3OS/c1-3-24-21-10-14-9-20-11-15(18(14)19)12-4-6-16-13(8-12)5-7-17(23)22(16)2/h4,6,8-9,11,21H,3,5,7,10H2,1-2H3. The van der Waals surface area contributed by atoms with Gasteiger partial charge in [-0.25, -0.2) is 0 Å². The number of hydrogen-bond acceptors (Lipinski definition) is 4. The van der Waals surface area contributed by atoms with Gasteiger partial charge in [0.15, 0.2) is 0 Å². The molecule has 1 N–H and O–H groups in total. The quantitative estimate of drug-likeness (QED) is 0.644. The van der Waals surface area contributed by atoms with Gasteiger partial charge in [-0.3, -0.25) is 14.5 Å². The van der Waals surface area contributed by atoms with Gasteiger partial charge >= 0.3 is 0 Å². The molecule has 0 bridgehead atoms. The zero-order valence-corrected chi connectivity index (χ0v) is 15.4. The number of carbonyl (C=O) groups excluding carboxylic acids is 1. The van der Waals surface area contributed by atoms with E-state index >= 15 is 0 Å². The Morgan fingerprint density at radius 1 is 1.33 bits per heavy atom. The summed E-state index contributed by atoms with van der Waals surface area (Å²) in [6.45, 7) is 2.78. The van der Waals surface area contributed by atoms with Crippen LogP contribution in [0.3, 0.4) is 0 Å². The van der Waals surface area contributed by atoms with E-state index in [0.717, 1.165) is 39.6 Å². The van der Waals surface area contributed by atoms with Gasteiger partial charge in [-0.1, -0.05) is 36.5 Å². The summed E-state index contributed by atoms with van der Waals surface area (Å²) in [5, 5.41) is 0.731. The Morgan fingerprint density at radius 3 is 2.96 bits per heavy atom. The van der Waals surface area contributed by atoms with Crippen molar-refractivity contribution in [3.05, 3.63) is 46.7 Å². The largest absolute Gasteiger partial charge is 0.315 e. The third-order valence-corrected chi connectivity index (χ3v) is 5.28. The maximum Gasteiger partial charge on any atom is 0.227 e. The van der Waals surface area contributed by atoms with E-state index in [-0.39, 0.29) is 5.91 Å². The monoisotopic (exact) mass is 361 g/mol. The van der Waals surface area contributed by atoms with Gasteiger partial charge in [0, 0.05) is 55.0 Å². The van der Waals surface area contributed by atoms with Crippen LogP contribution < -0.4 is 9.62 Å². The number of benzene rings is 1. The Balaban J connectivity index is 1.92. The highest BCUT2D eigenvalue weighted by Gasteiger charge is 2.21. The molecule has 1 amide bonds. The fraction of sp³-hybridized carbons (Fsp3) is 0.333. The molecule has 2 aromatic rings. The Hall–Kier alpha value is -1.56. The molecule has 0 atom stereocenters. The average Bonchev–Trinajstić information content (AvgIpc) is 2.60. The predicted octanol–water partition coefficient (Wildman–Crippen LogP) is 4.07. The number of pyridine rings is 1. The molecular formula is C18H20ClN3OS. The van der Waals surface area contributed by atoms with Gasteiger partial charge in [0.1, 0.15) is 0 Å². The van der Waals surface area contributed by atoms with Crippen LogP contribution in [0.15, 0.2) is 30.6 Å². The summed E-state index contributed by atoms with van der Waals surface area (Å²) < 4.78 is 3.28. The number of fused-ring (bicyclic) bond motifs is 1. The first-order valence-corrected chi connectivity index (χ1v) is 9.35. The lowest BCUT2D eigenvalue weighted by atomic mass is 9.96. The fourth-order valence-corrected chi connectivity index (χ4v) is 3.60. The second-order valence-electron chi connectivity index (χ2n) is 5.71. The molecule has 3 rings (SSSR count). The van der Waals surface area contributed by atoms with Crippen LogP contribution in [-0.4, -0.2) is 23.7 Å². The van der Waals surface area contributed by atoms with Crippen LogP contribution in [-0.2, 0) is 17.8 Å². The molecule has 126 valence electrons. The highest BCUT2D eigenvalue weighted by molar-refractivity contribution is 7.97. The van der Waals surface area contributed by atoms with E-state index in [9.17, 15) is 4.79 Å². The number of nitrogens with zero attached hydrogens (tertiary/aromatic N) is 2. The van der Waals surface area contributed by atoms with Gasteiger partial charge in [0.25, 0.3) is 0 Å². The molecule has 24 heavy (non-hydrogen) atoms. The summed E-state index contributed by atoms with van der Waals surface area (Å²) in [6, 6.07) is 6.13. The van der Waals surface area contributed by atoms with Gasteiger partial charge in [0.2, 0.25) is 5.91 Å². The normalized spacial score (nSPS) is 14.0. The van der Waals surface area contributed by atoms with Gasteiger partial charge in [-0.2, -0.15) is 0 Å². The minimum Gasteiger partial charge on any atom is -0.315 e. The Morgan fingerprint density at radius 2 is 2.17 bits per heavy atom. The summed E-state index contributed by atoms with van der Waals surface area (Å²) in [5.74, 6) is 1.17. The van der Waals surface area contributed by atoms with E-state index in [2.05, 4.69) is 22.7 Å². The van der Waals surface area contributed by atoms with Crippen molar-refractivity contribution in [2.75, 3.05) is 17.7 Å². The summed E-state index contributed by atoms with van der Waals surface area (Å²) in [5.41, 5.74) is 5.12. The summed E-state index contributed by atoms with van der Waals surface area (Å²) in [7, 11) is 1.83. The van der Waals surface area contributed by atoms with Crippen molar-refractivity contribution in [3.8, 4) is 11.1 Å². The molecular weight excluding hydrogens is 342 g/mol. The number of aryl methyl sites for hydroxylation is 1. The molecule has 1 aromatic carbocycles. The molecule has 0 aliphatic carbocycles. The number of carbonyl (C=O) groups is 1. The molecule has 0 fully saturated rings. The highest BCUT2D eigenvalue weighted by Crippen LogP contribution is 2.35. The molecule has 0 saturated heterocycles. The van der Waals surface area contributed by atoms with Crippen molar-refractivity contribution in [3.63, 3.8) is 0 Å². The maximum atomic E-state index is 11.8. The van der Waals surface area contributed by atoms with Crippen LogP contribution >= 0.6 is 23.5 Å². The second-order valence-corrected chi connectivity index (χ2v) is 7.24. The Labute approximate surface area is 151 Å². The van der Waals surface area contributed by atoms with E-state index in [1.54, 1.807) is 29.2 Å². The predicted molar refractivity (Wildman–Crippen MR) is 101 cm³/mol.